The molecule has 0 fully saturated rings. The lowest BCUT2D eigenvalue weighted by Crippen LogP contribution is -2.26. The molecule has 0 radical (unpaired) electrons. The highest BCUT2D eigenvalue weighted by Crippen LogP contribution is 2.27. The standard InChI is InChI=1S/C18H25NOS/c1-4-21-12-11-14(2)19-13-17-16-8-6-5-7-15(16)9-10-18(17)20-3/h5-10,14,19H,4,11-13H2,1-3H3. The molecule has 114 valence electrons. The van der Waals surface area contributed by atoms with E-state index in [9.17, 15) is 0 Å². The molecular formula is C18H25NOS. The molecular weight excluding hydrogens is 278 g/mol. The number of benzene rings is 2. The second kappa shape index (κ2) is 8.30. The van der Waals surface area contributed by atoms with Gasteiger partial charge in [-0.15, -0.1) is 0 Å². The zero-order valence-corrected chi connectivity index (χ0v) is 14.0. The van der Waals surface area contributed by atoms with Gasteiger partial charge in [0.15, 0.2) is 0 Å². The summed E-state index contributed by atoms with van der Waals surface area (Å²) < 4.78 is 5.54. The Morgan fingerprint density at radius 3 is 2.76 bits per heavy atom. The van der Waals surface area contributed by atoms with Gasteiger partial charge in [-0.05, 0) is 41.7 Å². The summed E-state index contributed by atoms with van der Waals surface area (Å²) in [6.45, 7) is 5.32. The van der Waals surface area contributed by atoms with Crippen LogP contribution in [0.4, 0.5) is 0 Å². The Hall–Kier alpha value is -1.19. The van der Waals surface area contributed by atoms with E-state index in [-0.39, 0.29) is 0 Å². The molecule has 0 spiro atoms. The number of rotatable bonds is 8. The summed E-state index contributed by atoms with van der Waals surface area (Å²) in [5, 5.41) is 6.18. The van der Waals surface area contributed by atoms with Crippen LogP contribution in [0, 0.1) is 0 Å². The van der Waals surface area contributed by atoms with Crippen LogP contribution in [0.1, 0.15) is 25.8 Å². The van der Waals surface area contributed by atoms with Crippen molar-refractivity contribution in [1.82, 2.24) is 5.32 Å². The third-order valence-electron chi connectivity index (χ3n) is 3.74. The van der Waals surface area contributed by atoms with E-state index in [4.69, 9.17) is 4.74 Å². The van der Waals surface area contributed by atoms with Gasteiger partial charge < -0.3 is 10.1 Å². The highest BCUT2D eigenvalue weighted by atomic mass is 32.2. The van der Waals surface area contributed by atoms with Gasteiger partial charge in [-0.3, -0.25) is 0 Å². The van der Waals surface area contributed by atoms with Crippen LogP contribution in [0.5, 0.6) is 5.75 Å². The second-order valence-corrected chi connectivity index (χ2v) is 6.63. The van der Waals surface area contributed by atoms with E-state index in [1.165, 1.54) is 34.3 Å². The van der Waals surface area contributed by atoms with Gasteiger partial charge in [0.25, 0.3) is 0 Å². The highest BCUT2D eigenvalue weighted by Gasteiger charge is 2.09. The molecule has 0 heterocycles. The molecule has 0 bridgehead atoms. The third-order valence-corrected chi connectivity index (χ3v) is 4.68. The number of hydrogen-bond acceptors (Lipinski definition) is 3. The zero-order valence-electron chi connectivity index (χ0n) is 13.2. The van der Waals surface area contributed by atoms with Crippen LogP contribution in [0.25, 0.3) is 10.8 Å². The highest BCUT2D eigenvalue weighted by molar-refractivity contribution is 7.99. The van der Waals surface area contributed by atoms with Crippen LogP contribution in [0.3, 0.4) is 0 Å². The van der Waals surface area contributed by atoms with E-state index in [2.05, 4.69) is 55.6 Å². The largest absolute Gasteiger partial charge is 0.496 e. The molecule has 1 N–H and O–H groups in total. The number of thioether (sulfide) groups is 1. The number of fused-ring (bicyclic) bond motifs is 1. The van der Waals surface area contributed by atoms with Crippen LogP contribution in [0.2, 0.25) is 0 Å². The van der Waals surface area contributed by atoms with Gasteiger partial charge >= 0.3 is 0 Å². The van der Waals surface area contributed by atoms with Crippen LogP contribution in [0.15, 0.2) is 36.4 Å². The molecule has 2 aromatic rings. The molecule has 2 aromatic carbocycles. The van der Waals surface area contributed by atoms with Gasteiger partial charge in [-0.2, -0.15) is 11.8 Å². The Labute approximate surface area is 132 Å². The lowest BCUT2D eigenvalue weighted by atomic mass is 10.0. The Balaban J connectivity index is 2.09. The Kier molecular flexibility index (Phi) is 6.40. The first-order chi connectivity index (χ1) is 10.3. The Morgan fingerprint density at radius 1 is 1.19 bits per heavy atom. The monoisotopic (exact) mass is 303 g/mol. The predicted octanol–water partition coefficient (Wildman–Crippen LogP) is 4.47. The van der Waals surface area contributed by atoms with Crippen molar-refractivity contribution in [1.29, 1.82) is 0 Å². The molecule has 0 saturated carbocycles. The minimum absolute atomic E-state index is 0.521. The van der Waals surface area contributed by atoms with Gasteiger partial charge in [0.2, 0.25) is 0 Å². The van der Waals surface area contributed by atoms with Crippen molar-refractivity contribution in [3.63, 3.8) is 0 Å². The molecule has 1 atom stereocenters. The van der Waals surface area contributed by atoms with Crippen molar-refractivity contribution in [3.8, 4) is 5.75 Å². The molecule has 2 nitrogen and oxygen atoms in total. The average Bonchev–Trinajstić information content (AvgIpc) is 2.52. The van der Waals surface area contributed by atoms with Crippen LogP contribution < -0.4 is 10.1 Å². The summed E-state index contributed by atoms with van der Waals surface area (Å²) in [6.07, 6.45) is 1.20. The molecule has 0 aliphatic carbocycles. The normalized spacial score (nSPS) is 12.5. The van der Waals surface area contributed by atoms with E-state index >= 15 is 0 Å². The molecule has 1 unspecified atom stereocenters. The summed E-state index contributed by atoms with van der Waals surface area (Å²) in [4.78, 5) is 0. The summed E-state index contributed by atoms with van der Waals surface area (Å²) in [7, 11) is 1.74. The fourth-order valence-electron chi connectivity index (χ4n) is 2.47. The number of methoxy groups -OCH3 is 1. The SMILES string of the molecule is CCSCCC(C)NCc1c(OC)ccc2ccccc12. The maximum atomic E-state index is 5.54. The summed E-state index contributed by atoms with van der Waals surface area (Å²) in [6, 6.07) is 13.2. The zero-order chi connectivity index (χ0) is 15.1. The first-order valence-corrected chi connectivity index (χ1v) is 8.77. The summed E-state index contributed by atoms with van der Waals surface area (Å²) in [5.74, 6) is 3.39. The fourth-order valence-corrected chi connectivity index (χ4v) is 3.28. The van der Waals surface area contributed by atoms with E-state index < -0.39 is 0 Å². The molecule has 21 heavy (non-hydrogen) atoms. The minimum Gasteiger partial charge on any atom is -0.496 e. The first kappa shape index (κ1) is 16.2. The number of nitrogens with one attached hydrogen (secondary N) is 1. The summed E-state index contributed by atoms with van der Waals surface area (Å²) in [5.41, 5.74) is 1.26. The van der Waals surface area contributed by atoms with Gasteiger partial charge in [0.1, 0.15) is 5.75 Å². The van der Waals surface area contributed by atoms with Gasteiger partial charge in [-0.25, -0.2) is 0 Å². The third kappa shape index (κ3) is 4.39. The lowest BCUT2D eigenvalue weighted by molar-refractivity contribution is 0.406. The Bertz CT molecular complexity index is 570. The maximum Gasteiger partial charge on any atom is 0.123 e. The van der Waals surface area contributed by atoms with Crippen molar-refractivity contribution in [2.24, 2.45) is 0 Å². The Morgan fingerprint density at radius 2 is 2.00 bits per heavy atom. The average molecular weight is 303 g/mol. The maximum absolute atomic E-state index is 5.54. The molecule has 0 aromatic heterocycles. The van der Waals surface area contributed by atoms with E-state index in [0.29, 0.717) is 6.04 Å². The van der Waals surface area contributed by atoms with Crippen molar-refractivity contribution < 1.29 is 4.74 Å². The van der Waals surface area contributed by atoms with E-state index in [1.54, 1.807) is 7.11 Å². The van der Waals surface area contributed by atoms with E-state index in [1.807, 2.05) is 11.8 Å². The first-order valence-electron chi connectivity index (χ1n) is 7.62. The molecule has 0 saturated heterocycles. The second-order valence-electron chi connectivity index (χ2n) is 5.24. The minimum atomic E-state index is 0.521. The van der Waals surface area contributed by atoms with Gasteiger partial charge in [-0.1, -0.05) is 37.3 Å². The quantitative estimate of drug-likeness (QED) is 0.727. The lowest BCUT2D eigenvalue weighted by Gasteiger charge is -2.17. The molecule has 3 heteroatoms. The van der Waals surface area contributed by atoms with E-state index in [0.717, 1.165) is 12.3 Å². The van der Waals surface area contributed by atoms with Crippen LogP contribution in [-0.2, 0) is 6.54 Å². The van der Waals surface area contributed by atoms with Crippen molar-refractivity contribution in [3.05, 3.63) is 42.0 Å². The fraction of sp³-hybridized carbons (Fsp3) is 0.444. The van der Waals surface area contributed by atoms with Crippen molar-refractivity contribution >= 4 is 22.5 Å². The predicted molar refractivity (Wildman–Crippen MR) is 94.4 cm³/mol. The molecule has 0 aliphatic heterocycles. The van der Waals surface area contributed by atoms with Gasteiger partial charge in [0.05, 0.1) is 7.11 Å². The van der Waals surface area contributed by atoms with Crippen LogP contribution in [-0.4, -0.2) is 24.7 Å². The van der Waals surface area contributed by atoms with Crippen molar-refractivity contribution in [2.45, 2.75) is 32.9 Å². The molecule has 0 aliphatic rings. The molecule has 0 amide bonds. The molecule has 2 rings (SSSR count). The van der Waals surface area contributed by atoms with Gasteiger partial charge in [0, 0.05) is 18.2 Å². The number of hydrogen-bond donors (Lipinski definition) is 1. The van der Waals surface area contributed by atoms with Crippen LogP contribution >= 0.6 is 11.8 Å². The summed E-state index contributed by atoms with van der Waals surface area (Å²) >= 11 is 2.00. The van der Waals surface area contributed by atoms with Crippen molar-refractivity contribution in [2.75, 3.05) is 18.6 Å². The number of ether oxygens (including phenoxy) is 1. The smallest absolute Gasteiger partial charge is 0.123 e. The topological polar surface area (TPSA) is 21.3 Å².